The molecule has 1 rings (SSSR count). The van der Waals surface area contributed by atoms with Crippen molar-refractivity contribution in [1.29, 1.82) is 0 Å². The van der Waals surface area contributed by atoms with Crippen molar-refractivity contribution in [2.24, 2.45) is 11.7 Å². The minimum Gasteiger partial charge on any atom is -0.493 e. The molecule has 0 saturated heterocycles. The van der Waals surface area contributed by atoms with Crippen molar-refractivity contribution in [1.82, 2.24) is 0 Å². The lowest BCUT2D eigenvalue weighted by atomic mass is 9.97. The number of rotatable bonds is 8. The molecule has 0 saturated carbocycles. The third kappa shape index (κ3) is 5.17. The van der Waals surface area contributed by atoms with E-state index in [4.69, 9.17) is 39.0 Å². The van der Waals surface area contributed by atoms with Crippen molar-refractivity contribution < 1.29 is 9.47 Å². The van der Waals surface area contributed by atoms with Gasteiger partial charge < -0.3 is 15.2 Å². The van der Waals surface area contributed by atoms with Crippen LogP contribution in [0.3, 0.4) is 0 Å². The normalized spacial score (nSPS) is 12.0. The summed E-state index contributed by atoms with van der Waals surface area (Å²) in [7, 11) is 0. The molecule has 0 aliphatic heterocycles. The molecule has 0 heterocycles. The summed E-state index contributed by atoms with van der Waals surface area (Å²) in [6, 6.07) is 3.77. The predicted octanol–water partition coefficient (Wildman–Crippen LogP) is 3.99. The number of hydrogen-bond donors (Lipinski definition) is 1. The first-order valence-electron chi connectivity index (χ1n) is 6.84. The minimum atomic E-state index is 0.348. The zero-order chi connectivity index (χ0) is 15.1. The van der Waals surface area contributed by atoms with Crippen LogP contribution < -0.4 is 15.2 Å². The van der Waals surface area contributed by atoms with Crippen LogP contribution in [0.4, 0.5) is 0 Å². The van der Waals surface area contributed by atoms with Crippen molar-refractivity contribution in [3.63, 3.8) is 0 Å². The van der Waals surface area contributed by atoms with E-state index in [1.54, 1.807) is 0 Å². The summed E-state index contributed by atoms with van der Waals surface area (Å²) >= 11 is 11.2. The number of ether oxygens (including phenoxy) is 2. The van der Waals surface area contributed by atoms with Crippen molar-refractivity contribution in [3.8, 4) is 11.5 Å². The Balaban J connectivity index is 2.98. The molecule has 5 heteroatoms. The van der Waals surface area contributed by atoms with E-state index in [1.807, 2.05) is 26.0 Å². The number of benzene rings is 1. The van der Waals surface area contributed by atoms with Gasteiger partial charge in [0.05, 0.1) is 23.2 Å². The van der Waals surface area contributed by atoms with Crippen LogP contribution in [-0.4, -0.2) is 18.2 Å². The van der Waals surface area contributed by atoms with Crippen LogP contribution in [-0.2, 0) is 6.42 Å². The smallest absolute Gasteiger partial charge is 0.141 e. The second kappa shape index (κ2) is 8.32. The van der Waals surface area contributed by atoms with Gasteiger partial charge in [-0.1, -0.05) is 30.7 Å². The molecule has 1 aromatic rings. The molecule has 1 aromatic carbocycles. The van der Waals surface area contributed by atoms with Crippen LogP contribution >= 0.6 is 23.8 Å². The quantitative estimate of drug-likeness (QED) is 0.737. The Morgan fingerprint density at radius 3 is 2.40 bits per heavy atom. The third-order valence-corrected chi connectivity index (χ3v) is 3.29. The average molecular weight is 316 g/mol. The molecule has 0 aromatic heterocycles. The summed E-state index contributed by atoms with van der Waals surface area (Å²) in [5.41, 5.74) is 6.65. The van der Waals surface area contributed by atoms with Gasteiger partial charge in [0.25, 0.3) is 0 Å². The summed E-state index contributed by atoms with van der Waals surface area (Å²) in [6.45, 7) is 7.16. The van der Waals surface area contributed by atoms with E-state index >= 15 is 0 Å². The first kappa shape index (κ1) is 17.1. The van der Waals surface area contributed by atoms with E-state index in [-0.39, 0.29) is 0 Å². The standard InChI is InChI=1S/C15H22ClNO2S/c1-4-18-13-9-14(19-5-2)12(16)8-11(13)6-10(3)7-15(17)20/h8-10H,4-7H2,1-3H3,(H2,17,20). The molecule has 0 bridgehead atoms. The molecule has 0 aliphatic carbocycles. The van der Waals surface area contributed by atoms with E-state index in [9.17, 15) is 0 Å². The van der Waals surface area contributed by atoms with Crippen LogP contribution in [0.1, 0.15) is 32.8 Å². The second-order valence-electron chi connectivity index (χ2n) is 4.74. The Morgan fingerprint density at radius 2 is 1.85 bits per heavy atom. The Bertz CT molecular complexity index is 465. The molecule has 1 unspecified atom stereocenters. The Hall–Kier alpha value is -1.00. The molecule has 0 spiro atoms. The van der Waals surface area contributed by atoms with Crippen LogP contribution in [0.2, 0.25) is 5.02 Å². The average Bonchev–Trinajstić information content (AvgIpc) is 2.34. The number of hydrogen-bond acceptors (Lipinski definition) is 3. The van der Waals surface area contributed by atoms with E-state index in [1.165, 1.54) is 0 Å². The fourth-order valence-electron chi connectivity index (χ4n) is 2.08. The lowest BCUT2D eigenvalue weighted by Gasteiger charge is -2.17. The minimum absolute atomic E-state index is 0.348. The van der Waals surface area contributed by atoms with Gasteiger partial charge in [0.15, 0.2) is 0 Å². The first-order valence-corrected chi connectivity index (χ1v) is 7.62. The van der Waals surface area contributed by atoms with Gasteiger partial charge in [0.2, 0.25) is 0 Å². The molecule has 0 aliphatic rings. The molecule has 2 N–H and O–H groups in total. The zero-order valence-electron chi connectivity index (χ0n) is 12.2. The highest BCUT2D eigenvalue weighted by molar-refractivity contribution is 7.80. The van der Waals surface area contributed by atoms with Gasteiger partial charge in [-0.15, -0.1) is 0 Å². The largest absolute Gasteiger partial charge is 0.493 e. The van der Waals surface area contributed by atoms with Crippen LogP contribution in [0, 0.1) is 5.92 Å². The second-order valence-corrected chi connectivity index (χ2v) is 5.67. The predicted molar refractivity (Wildman–Crippen MR) is 88.1 cm³/mol. The molecule has 112 valence electrons. The van der Waals surface area contributed by atoms with Crippen LogP contribution in [0.5, 0.6) is 11.5 Å². The molecule has 20 heavy (non-hydrogen) atoms. The molecule has 0 radical (unpaired) electrons. The topological polar surface area (TPSA) is 44.5 Å². The van der Waals surface area contributed by atoms with E-state index in [0.29, 0.717) is 41.3 Å². The summed E-state index contributed by atoms with van der Waals surface area (Å²) in [5.74, 6) is 1.82. The fraction of sp³-hybridized carbons (Fsp3) is 0.533. The summed E-state index contributed by atoms with van der Waals surface area (Å²) in [5, 5.41) is 0.604. The van der Waals surface area contributed by atoms with Crippen molar-refractivity contribution in [3.05, 3.63) is 22.7 Å². The molecule has 3 nitrogen and oxygen atoms in total. The molecule has 0 amide bonds. The molecular weight excluding hydrogens is 294 g/mol. The Kier molecular flexibility index (Phi) is 7.10. The Labute approximate surface area is 131 Å². The zero-order valence-corrected chi connectivity index (χ0v) is 13.8. The maximum Gasteiger partial charge on any atom is 0.141 e. The van der Waals surface area contributed by atoms with Gasteiger partial charge in [0, 0.05) is 12.5 Å². The highest BCUT2D eigenvalue weighted by Crippen LogP contribution is 2.34. The lowest BCUT2D eigenvalue weighted by Crippen LogP contribution is -2.14. The highest BCUT2D eigenvalue weighted by atomic mass is 35.5. The van der Waals surface area contributed by atoms with Gasteiger partial charge in [-0.3, -0.25) is 0 Å². The molecule has 1 atom stereocenters. The Morgan fingerprint density at radius 1 is 1.25 bits per heavy atom. The lowest BCUT2D eigenvalue weighted by molar-refractivity contribution is 0.319. The monoisotopic (exact) mass is 315 g/mol. The third-order valence-electron chi connectivity index (χ3n) is 2.83. The van der Waals surface area contributed by atoms with Gasteiger partial charge in [-0.05, 0) is 37.8 Å². The van der Waals surface area contributed by atoms with Crippen molar-refractivity contribution in [2.45, 2.75) is 33.6 Å². The van der Waals surface area contributed by atoms with Gasteiger partial charge in [0.1, 0.15) is 11.5 Å². The van der Waals surface area contributed by atoms with Crippen LogP contribution in [0.15, 0.2) is 12.1 Å². The number of nitrogens with two attached hydrogens (primary N) is 1. The highest BCUT2D eigenvalue weighted by Gasteiger charge is 2.14. The SMILES string of the molecule is CCOc1cc(OCC)c(CC(C)CC(N)=S)cc1Cl. The summed E-state index contributed by atoms with van der Waals surface area (Å²) in [4.78, 5) is 0.535. The van der Waals surface area contributed by atoms with Crippen LogP contribution in [0.25, 0.3) is 0 Å². The van der Waals surface area contributed by atoms with Gasteiger partial charge in [-0.25, -0.2) is 0 Å². The first-order chi connectivity index (χ1) is 9.47. The molecule has 0 fully saturated rings. The van der Waals surface area contributed by atoms with Gasteiger partial charge >= 0.3 is 0 Å². The number of thiocarbonyl (C=S) groups is 1. The van der Waals surface area contributed by atoms with Crippen molar-refractivity contribution in [2.75, 3.05) is 13.2 Å². The maximum atomic E-state index is 6.24. The van der Waals surface area contributed by atoms with E-state index < -0.39 is 0 Å². The summed E-state index contributed by atoms with van der Waals surface area (Å²) in [6.07, 6.45) is 1.53. The molecular formula is C15H22ClNO2S. The summed E-state index contributed by atoms with van der Waals surface area (Å²) < 4.78 is 11.2. The van der Waals surface area contributed by atoms with E-state index in [0.717, 1.165) is 17.7 Å². The fourth-order valence-corrected chi connectivity index (χ4v) is 2.61. The van der Waals surface area contributed by atoms with E-state index in [2.05, 4.69) is 6.92 Å². The maximum absolute atomic E-state index is 6.24. The van der Waals surface area contributed by atoms with Gasteiger partial charge in [-0.2, -0.15) is 0 Å². The van der Waals surface area contributed by atoms with Crippen molar-refractivity contribution >= 4 is 28.8 Å². The number of halogens is 1.